The van der Waals surface area contributed by atoms with Gasteiger partial charge in [-0.05, 0) is 48.5 Å². The third kappa shape index (κ3) is 3.96. The lowest BCUT2D eigenvalue weighted by Crippen LogP contribution is -2.01. The topological polar surface area (TPSA) is 65.2 Å². The molecule has 0 aliphatic rings. The van der Waals surface area contributed by atoms with Crippen molar-refractivity contribution in [1.82, 2.24) is 10.2 Å². The van der Waals surface area contributed by atoms with Gasteiger partial charge in [0.15, 0.2) is 5.78 Å². The quantitative estimate of drug-likeness (QED) is 0.480. The second kappa shape index (κ2) is 7.51. The van der Waals surface area contributed by atoms with E-state index in [0.29, 0.717) is 21.7 Å². The highest BCUT2D eigenvalue weighted by Crippen LogP contribution is 2.25. The number of nitrogens with zero attached hydrogens (tertiary/aromatic N) is 2. The molecule has 1 heterocycles. The number of methoxy groups -OCH3 is 1. The maximum Gasteiger partial charge on any atom is 0.277 e. The van der Waals surface area contributed by atoms with E-state index in [1.54, 1.807) is 31.4 Å². The molecule has 0 saturated heterocycles. The summed E-state index contributed by atoms with van der Waals surface area (Å²) in [5, 5.41) is 8.90. The maximum atomic E-state index is 12.1. The molecule has 7 heteroatoms. The second-order valence-electron chi connectivity index (χ2n) is 4.82. The van der Waals surface area contributed by atoms with Crippen molar-refractivity contribution in [3.8, 4) is 17.2 Å². The number of rotatable bonds is 6. The van der Waals surface area contributed by atoms with Gasteiger partial charge >= 0.3 is 0 Å². The minimum Gasteiger partial charge on any atom is -0.497 e. The molecule has 0 saturated carbocycles. The number of hydrogen-bond donors (Lipinski definition) is 0. The summed E-state index contributed by atoms with van der Waals surface area (Å²) in [6, 6.07) is 14.1. The number of Topliss-reactive ketones (excluding diaryl/α,β-unsaturated/α-hetero) is 1. The first-order valence-electron chi connectivity index (χ1n) is 7.05. The summed E-state index contributed by atoms with van der Waals surface area (Å²) in [5.74, 6) is 1.34. The van der Waals surface area contributed by atoms with Gasteiger partial charge in [0.05, 0.1) is 12.9 Å². The molecule has 0 unspecified atom stereocenters. The molecule has 0 bridgehead atoms. The molecule has 3 rings (SSSR count). The van der Waals surface area contributed by atoms with Crippen LogP contribution in [0.2, 0.25) is 5.02 Å². The fourth-order valence-corrected chi connectivity index (χ4v) is 2.75. The van der Waals surface area contributed by atoms with Crippen molar-refractivity contribution in [3.05, 3.63) is 59.1 Å². The van der Waals surface area contributed by atoms with Gasteiger partial charge in [-0.25, -0.2) is 0 Å². The Kier molecular flexibility index (Phi) is 5.17. The highest BCUT2D eigenvalue weighted by molar-refractivity contribution is 7.99. The van der Waals surface area contributed by atoms with Gasteiger partial charge in [0.25, 0.3) is 5.22 Å². The van der Waals surface area contributed by atoms with Crippen molar-refractivity contribution in [2.75, 3.05) is 12.9 Å². The van der Waals surface area contributed by atoms with E-state index in [-0.39, 0.29) is 11.5 Å². The van der Waals surface area contributed by atoms with E-state index < -0.39 is 0 Å². The Morgan fingerprint density at radius 1 is 1.12 bits per heavy atom. The smallest absolute Gasteiger partial charge is 0.277 e. The molecule has 0 aliphatic carbocycles. The van der Waals surface area contributed by atoms with Crippen molar-refractivity contribution in [2.24, 2.45) is 0 Å². The monoisotopic (exact) mass is 360 g/mol. The highest BCUT2D eigenvalue weighted by atomic mass is 35.5. The normalized spacial score (nSPS) is 10.6. The van der Waals surface area contributed by atoms with Crippen LogP contribution in [0.3, 0.4) is 0 Å². The first-order valence-corrected chi connectivity index (χ1v) is 8.41. The lowest BCUT2D eigenvalue weighted by molar-refractivity contribution is 0.102. The summed E-state index contributed by atoms with van der Waals surface area (Å²) in [4.78, 5) is 12.1. The van der Waals surface area contributed by atoms with Crippen molar-refractivity contribution in [1.29, 1.82) is 0 Å². The largest absolute Gasteiger partial charge is 0.497 e. The molecule has 122 valence electrons. The van der Waals surface area contributed by atoms with E-state index in [1.165, 1.54) is 11.8 Å². The Hall–Kier alpha value is -2.31. The number of carbonyl (C=O) groups is 1. The van der Waals surface area contributed by atoms with Crippen LogP contribution in [0.15, 0.2) is 58.2 Å². The number of hydrogen-bond acceptors (Lipinski definition) is 6. The van der Waals surface area contributed by atoms with E-state index in [2.05, 4.69) is 10.2 Å². The first kappa shape index (κ1) is 16.5. The van der Waals surface area contributed by atoms with Crippen molar-refractivity contribution >= 4 is 29.1 Å². The van der Waals surface area contributed by atoms with Crippen LogP contribution in [0, 0.1) is 0 Å². The summed E-state index contributed by atoms with van der Waals surface area (Å²) in [6.45, 7) is 0. The molecular weight excluding hydrogens is 348 g/mol. The summed E-state index contributed by atoms with van der Waals surface area (Å²) >= 11 is 7.01. The van der Waals surface area contributed by atoms with Crippen LogP contribution in [0.25, 0.3) is 11.5 Å². The standard InChI is InChI=1S/C17H13ClN2O3S/c1-22-14-8-4-12(5-9-14)16-19-20-17(23-16)24-10-15(21)11-2-6-13(18)7-3-11/h2-9H,10H2,1H3. The van der Waals surface area contributed by atoms with Crippen LogP contribution in [0.1, 0.15) is 10.4 Å². The average Bonchev–Trinajstić information content (AvgIpc) is 3.09. The van der Waals surface area contributed by atoms with Crippen LogP contribution in [0.4, 0.5) is 0 Å². The molecule has 1 aromatic heterocycles. The van der Waals surface area contributed by atoms with Gasteiger partial charge in [0.1, 0.15) is 5.75 Å². The second-order valence-corrected chi connectivity index (χ2v) is 6.18. The first-order chi connectivity index (χ1) is 11.7. The number of benzene rings is 2. The SMILES string of the molecule is COc1ccc(-c2nnc(SCC(=O)c3ccc(Cl)cc3)o2)cc1. The van der Waals surface area contributed by atoms with Crippen molar-refractivity contribution < 1.29 is 13.9 Å². The zero-order chi connectivity index (χ0) is 16.9. The summed E-state index contributed by atoms with van der Waals surface area (Å²) in [6.07, 6.45) is 0. The maximum absolute atomic E-state index is 12.1. The molecule has 0 N–H and O–H groups in total. The van der Waals surface area contributed by atoms with Crippen LogP contribution in [0.5, 0.6) is 5.75 Å². The van der Waals surface area contributed by atoms with Crippen LogP contribution < -0.4 is 4.74 Å². The molecule has 0 atom stereocenters. The molecule has 3 aromatic rings. The fraction of sp³-hybridized carbons (Fsp3) is 0.118. The van der Waals surface area contributed by atoms with E-state index in [0.717, 1.165) is 11.3 Å². The van der Waals surface area contributed by atoms with Crippen molar-refractivity contribution in [2.45, 2.75) is 5.22 Å². The molecule has 0 radical (unpaired) electrons. The van der Waals surface area contributed by atoms with Gasteiger partial charge in [0.2, 0.25) is 5.89 Å². The van der Waals surface area contributed by atoms with Gasteiger partial charge in [0, 0.05) is 16.1 Å². The van der Waals surface area contributed by atoms with Gasteiger partial charge in [-0.15, -0.1) is 10.2 Å². The van der Waals surface area contributed by atoms with E-state index in [4.69, 9.17) is 20.8 Å². The van der Waals surface area contributed by atoms with Gasteiger partial charge in [-0.3, -0.25) is 4.79 Å². The summed E-state index contributed by atoms with van der Waals surface area (Å²) in [7, 11) is 1.61. The third-order valence-electron chi connectivity index (χ3n) is 3.24. The average molecular weight is 361 g/mol. The molecule has 0 fully saturated rings. The lowest BCUT2D eigenvalue weighted by Gasteiger charge is -2.00. The predicted octanol–water partition coefficient (Wildman–Crippen LogP) is 4.37. The summed E-state index contributed by atoms with van der Waals surface area (Å²) < 4.78 is 10.7. The third-order valence-corrected chi connectivity index (χ3v) is 4.31. The molecule has 24 heavy (non-hydrogen) atoms. The molecular formula is C17H13ClN2O3S. The number of ether oxygens (including phenoxy) is 1. The number of thioether (sulfide) groups is 1. The molecule has 2 aromatic carbocycles. The number of aromatic nitrogens is 2. The van der Waals surface area contributed by atoms with E-state index >= 15 is 0 Å². The molecule has 5 nitrogen and oxygen atoms in total. The highest BCUT2D eigenvalue weighted by Gasteiger charge is 2.12. The van der Waals surface area contributed by atoms with Crippen molar-refractivity contribution in [3.63, 3.8) is 0 Å². The van der Waals surface area contributed by atoms with Gasteiger partial charge < -0.3 is 9.15 Å². The Balaban J connectivity index is 1.63. The molecule has 0 spiro atoms. The van der Waals surface area contributed by atoms with Crippen LogP contribution in [-0.4, -0.2) is 28.8 Å². The summed E-state index contributed by atoms with van der Waals surface area (Å²) in [5.41, 5.74) is 1.39. The van der Waals surface area contributed by atoms with Crippen LogP contribution >= 0.6 is 23.4 Å². The molecule has 0 amide bonds. The van der Waals surface area contributed by atoms with E-state index in [1.807, 2.05) is 24.3 Å². The number of halogens is 1. The lowest BCUT2D eigenvalue weighted by atomic mass is 10.1. The molecule has 0 aliphatic heterocycles. The zero-order valence-corrected chi connectivity index (χ0v) is 14.3. The minimum absolute atomic E-state index is 0.0270. The minimum atomic E-state index is -0.0270. The van der Waals surface area contributed by atoms with Gasteiger partial charge in [-0.2, -0.15) is 0 Å². The zero-order valence-electron chi connectivity index (χ0n) is 12.7. The van der Waals surface area contributed by atoms with Gasteiger partial charge in [-0.1, -0.05) is 23.4 Å². The Morgan fingerprint density at radius 2 is 1.83 bits per heavy atom. The Morgan fingerprint density at radius 3 is 2.50 bits per heavy atom. The number of carbonyl (C=O) groups excluding carboxylic acids is 1. The van der Waals surface area contributed by atoms with E-state index in [9.17, 15) is 4.79 Å². The fourth-order valence-electron chi connectivity index (χ4n) is 1.96. The van der Waals surface area contributed by atoms with Crippen LogP contribution in [-0.2, 0) is 0 Å². The number of ketones is 1. The predicted molar refractivity (Wildman–Crippen MR) is 92.8 cm³/mol. The Bertz CT molecular complexity index is 832. The Labute approximate surface area is 148 Å².